The number of hydrogen-bond acceptors (Lipinski definition) is 1. The van der Waals surface area contributed by atoms with Gasteiger partial charge in [-0.1, -0.05) is 19.8 Å². The van der Waals surface area contributed by atoms with Gasteiger partial charge in [-0.05, 0) is 49.9 Å². The topological polar surface area (TPSA) is 12.0 Å². The third-order valence-corrected chi connectivity index (χ3v) is 3.56. The van der Waals surface area contributed by atoms with Crippen molar-refractivity contribution >= 4 is 0 Å². The van der Waals surface area contributed by atoms with E-state index in [1.54, 1.807) is 6.92 Å². The van der Waals surface area contributed by atoms with Crippen LogP contribution in [0.15, 0.2) is 12.1 Å². The van der Waals surface area contributed by atoms with E-state index in [4.69, 9.17) is 0 Å². The fourth-order valence-corrected chi connectivity index (χ4v) is 2.25. The van der Waals surface area contributed by atoms with Crippen molar-refractivity contribution in [3.63, 3.8) is 0 Å². The first-order valence-corrected chi connectivity index (χ1v) is 6.80. The molecule has 1 aliphatic carbocycles. The molecule has 0 aliphatic heterocycles. The second-order valence-electron chi connectivity index (χ2n) is 5.31. The summed E-state index contributed by atoms with van der Waals surface area (Å²) >= 11 is 0. The first kappa shape index (κ1) is 13.5. The van der Waals surface area contributed by atoms with Crippen LogP contribution in [0.4, 0.5) is 8.78 Å². The van der Waals surface area contributed by atoms with E-state index in [0.29, 0.717) is 17.0 Å². The summed E-state index contributed by atoms with van der Waals surface area (Å²) in [5.74, 6) is 0.0803. The summed E-state index contributed by atoms with van der Waals surface area (Å²) in [6.07, 6.45) is 4.36. The van der Waals surface area contributed by atoms with Gasteiger partial charge in [0.1, 0.15) is 11.6 Å². The van der Waals surface area contributed by atoms with Gasteiger partial charge in [-0.2, -0.15) is 0 Å². The molecule has 0 spiro atoms. The van der Waals surface area contributed by atoms with Crippen molar-refractivity contribution in [1.82, 2.24) is 5.32 Å². The van der Waals surface area contributed by atoms with E-state index in [-0.39, 0.29) is 17.7 Å². The van der Waals surface area contributed by atoms with E-state index in [0.717, 1.165) is 19.4 Å². The van der Waals surface area contributed by atoms with Crippen LogP contribution in [0, 0.1) is 24.5 Å². The molecule has 1 unspecified atom stereocenters. The minimum absolute atomic E-state index is 0.0486. The number of halogens is 2. The van der Waals surface area contributed by atoms with Crippen molar-refractivity contribution in [1.29, 1.82) is 0 Å². The predicted molar refractivity (Wildman–Crippen MR) is 69.5 cm³/mol. The Morgan fingerprint density at radius 1 is 1.28 bits per heavy atom. The first-order chi connectivity index (χ1) is 8.61. The molecular weight excluding hydrogens is 232 g/mol. The number of aryl methyl sites for hydroxylation is 1. The Hall–Kier alpha value is -0.960. The summed E-state index contributed by atoms with van der Waals surface area (Å²) in [5, 5.41) is 3.34. The van der Waals surface area contributed by atoms with Crippen LogP contribution >= 0.6 is 0 Å². The molecule has 0 radical (unpaired) electrons. The zero-order chi connectivity index (χ0) is 13.1. The molecule has 1 nitrogen and oxygen atoms in total. The Kier molecular flexibility index (Phi) is 4.33. The normalized spacial score (nSPS) is 16.9. The van der Waals surface area contributed by atoms with Crippen LogP contribution in [0.3, 0.4) is 0 Å². The Balaban J connectivity index is 2.19. The average Bonchev–Trinajstić information content (AvgIpc) is 3.13. The van der Waals surface area contributed by atoms with E-state index >= 15 is 0 Å². The molecule has 0 amide bonds. The summed E-state index contributed by atoms with van der Waals surface area (Å²) in [4.78, 5) is 0. The molecule has 3 heteroatoms. The molecule has 0 heterocycles. The number of benzene rings is 1. The zero-order valence-electron chi connectivity index (χ0n) is 11.1. The summed E-state index contributed by atoms with van der Waals surface area (Å²) in [7, 11) is 0. The van der Waals surface area contributed by atoms with Crippen LogP contribution in [0.5, 0.6) is 0 Å². The van der Waals surface area contributed by atoms with Gasteiger partial charge < -0.3 is 5.32 Å². The quantitative estimate of drug-likeness (QED) is 0.804. The maximum atomic E-state index is 14.0. The van der Waals surface area contributed by atoms with Gasteiger partial charge in [0, 0.05) is 11.6 Å². The van der Waals surface area contributed by atoms with Crippen LogP contribution in [0.2, 0.25) is 0 Å². The van der Waals surface area contributed by atoms with Crippen molar-refractivity contribution < 1.29 is 8.78 Å². The fourth-order valence-electron chi connectivity index (χ4n) is 2.25. The maximum Gasteiger partial charge on any atom is 0.128 e. The van der Waals surface area contributed by atoms with Crippen LogP contribution in [0.25, 0.3) is 0 Å². The second-order valence-corrected chi connectivity index (χ2v) is 5.31. The lowest BCUT2D eigenvalue weighted by Crippen LogP contribution is -2.24. The van der Waals surface area contributed by atoms with Crippen molar-refractivity contribution in [3.8, 4) is 0 Å². The smallest absolute Gasteiger partial charge is 0.128 e. The molecule has 1 saturated carbocycles. The van der Waals surface area contributed by atoms with Gasteiger partial charge in [0.2, 0.25) is 0 Å². The number of nitrogens with one attached hydrogen (secondary N) is 1. The lowest BCUT2D eigenvalue weighted by Gasteiger charge is -2.20. The Morgan fingerprint density at radius 3 is 2.61 bits per heavy atom. The molecule has 1 aliphatic rings. The number of rotatable bonds is 6. The van der Waals surface area contributed by atoms with Crippen molar-refractivity contribution in [2.45, 2.75) is 45.6 Å². The van der Waals surface area contributed by atoms with Crippen LogP contribution in [0.1, 0.15) is 49.8 Å². The summed E-state index contributed by atoms with van der Waals surface area (Å²) in [5.41, 5.74) is 0.857. The van der Waals surface area contributed by atoms with Gasteiger partial charge >= 0.3 is 0 Å². The maximum absolute atomic E-state index is 14.0. The highest BCUT2D eigenvalue weighted by Gasteiger charge is 2.27. The molecule has 1 N–H and O–H groups in total. The highest BCUT2D eigenvalue weighted by molar-refractivity contribution is 5.28. The van der Waals surface area contributed by atoms with Crippen LogP contribution < -0.4 is 5.32 Å². The monoisotopic (exact) mass is 253 g/mol. The van der Waals surface area contributed by atoms with Crippen LogP contribution in [-0.2, 0) is 0 Å². The molecule has 0 aromatic heterocycles. The summed E-state index contributed by atoms with van der Waals surface area (Å²) in [6, 6.07) is 2.62. The van der Waals surface area contributed by atoms with E-state index < -0.39 is 0 Å². The molecule has 2 rings (SSSR count). The molecule has 1 fully saturated rings. The molecule has 18 heavy (non-hydrogen) atoms. The van der Waals surface area contributed by atoms with E-state index in [2.05, 4.69) is 12.2 Å². The molecule has 1 aromatic carbocycles. The zero-order valence-corrected chi connectivity index (χ0v) is 11.1. The minimum Gasteiger partial charge on any atom is -0.310 e. The fraction of sp³-hybridized carbons (Fsp3) is 0.600. The standard InChI is InChI=1S/C15H21F2N/c1-3-6-18-15(8-11-4-5-11)12-9-13(16)10(2)7-14(12)17/h7,9,11,15,18H,3-6,8H2,1-2H3. The molecule has 0 saturated heterocycles. The Labute approximate surface area is 108 Å². The van der Waals surface area contributed by atoms with Crippen molar-refractivity contribution in [2.75, 3.05) is 6.54 Å². The third-order valence-electron chi connectivity index (χ3n) is 3.56. The van der Waals surface area contributed by atoms with E-state index in [9.17, 15) is 8.78 Å². The van der Waals surface area contributed by atoms with Gasteiger partial charge in [0.25, 0.3) is 0 Å². The Bertz CT molecular complexity index is 413. The lowest BCUT2D eigenvalue weighted by atomic mass is 9.99. The lowest BCUT2D eigenvalue weighted by molar-refractivity contribution is 0.448. The molecule has 0 bridgehead atoms. The van der Waals surface area contributed by atoms with Gasteiger partial charge in [0.05, 0.1) is 0 Å². The predicted octanol–water partition coefficient (Wildman–Crippen LogP) is 4.11. The van der Waals surface area contributed by atoms with Gasteiger partial charge in [-0.25, -0.2) is 8.78 Å². The largest absolute Gasteiger partial charge is 0.310 e. The molecular formula is C15H21F2N. The van der Waals surface area contributed by atoms with Crippen molar-refractivity contribution in [3.05, 3.63) is 34.9 Å². The van der Waals surface area contributed by atoms with Gasteiger partial charge in [0.15, 0.2) is 0 Å². The molecule has 1 aromatic rings. The van der Waals surface area contributed by atoms with Crippen LogP contribution in [-0.4, -0.2) is 6.54 Å². The SMILES string of the molecule is CCCNC(CC1CC1)c1cc(F)c(C)cc1F. The van der Waals surface area contributed by atoms with Gasteiger partial charge in [-0.15, -0.1) is 0 Å². The number of hydrogen-bond donors (Lipinski definition) is 1. The highest BCUT2D eigenvalue weighted by Crippen LogP contribution is 2.38. The minimum atomic E-state index is -0.314. The summed E-state index contributed by atoms with van der Waals surface area (Å²) in [6.45, 7) is 4.51. The highest BCUT2D eigenvalue weighted by atomic mass is 19.1. The first-order valence-electron chi connectivity index (χ1n) is 6.80. The third kappa shape index (κ3) is 3.29. The Morgan fingerprint density at radius 2 is 2.00 bits per heavy atom. The second kappa shape index (κ2) is 5.79. The molecule has 1 atom stereocenters. The van der Waals surface area contributed by atoms with E-state index in [1.165, 1.54) is 25.0 Å². The van der Waals surface area contributed by atoms with E-state index in [1.807, 2.05) is 0 Å². The average molecular weight is 253 g/mol. The van der Waals surface area contributed by atoms with Gasteiger partial charge in [-0.3, -0.25) is 0 Å². The molecule has 100 valence electrons. The van der Waals surface area contributed by atoms with Crippen molar-refractivity contribution in [2.24, 2.45) is 5.92 Å². The summed E-state index contributed by atoms with van der Waals surface area (Å²) < 4.78 is 27.6.